The van der Waals surface area contributed by atoms with Gasteiger partial charge in [-0.3, -0.25) is 4.90 Å². The molecule has 0 saturated carbocycles. The van der Waals surface area contributed by atoms with Crippen LogP contribution in [-0.4, -0.2) is 42.8 Å². The van der Waals surface area contributed by atoms with Crippen LogP contribution in [0.5, 0.6) is 11.5 Å². The second-order valence-electron chi connectivity index (χ2n) is 5.18. The first-order valence-electron chi connectivity index (χ1n) is 7.15. The fourth-order valence-corrected chi connectivity index (χ4v) is 3.30. The Morgan fingerprint density at radius 3 is 3.00 bits per heavy atom. The van der Waals surface area contributed by atoms with Gasteiger partial charge in [0.05, 0.1) is 11.6 Å². The van der Waals surface area contributed by atoms with Crippen molar-refractivity contribution >= 4 is 15.9 Å². The summed E-state index contributed by atoms with van der Waals surface area (Å²) in [6.07, 6.45) is 2.59. The van der Waals surface area contributed by atoms with E-state index in [9.17, 15) is 5.11 Å². The number of nitrogens with zero attached hydrogens (tertiary/aromatic N) is 1. The molecule has 1 atom stereocenters. The maximum Gasteiger partial charge on any atom is 0.172 e. The lowest BCUT2D eigenvalue weighted by Crippen LogP contribution is -2.37. The molecule has 0 bridgehead atoms. The van der Waals surface area contributed by atoms with Crippen molar-refractivity contribution in [3.63, 3.8) is 0 Å². The molecule has 1 aromatic rings. The minimum atomic E-state index is 0.157. The molecule has 1 unspecified atom stereocenters. The summed E-state index contributed by atoms with van der Waals surface area (Å²) >= 11 is 3.35. The maximum absolute atomic E-state index is 9.79. The quantitative estimate of drug-likeness (QED) is 0.834. The first-order chi connectivity index (χ1) is 9.65. The highest BCUT2D eigenvalue weighted by atomic mass is 79.9. The number of methoxy groups -OCH3 is 1. The normalized spacial score (nSPS) is 19.4. The molecule has 1 heterocycles. The van der Waals surface area contributed by atoms with Crippen LogP contribution in [0.1, 0.15) is 25.3 Å². The summed E-state index contributed by atoms with van der Waals surface area (Å²) in [6.45, 7) is 6.37. The van der Waals surface area contributed by atoms with Crippen LogP contribution in [0.3, 0.4) is 0 Å². The van der Waals surface area contributed by atoms with Crippen LogP contribution in [-0.2, 0) is 6.54 Å². The average Bonchev–Trinajstić information content (AvgIpc) is 2.90. The molecule has 0 aromatic heterocycles. The van der Waals surface area contributed by atoms with Crippen LogP contribution in [0.25, 0.3) is 0 Å². The Balaban J connectivity index is 1.89. The van der Waals surface area contributed by atoms with Crippen molar-refractivity contribution in [3.05, 3.63) is 22.2 Å². The second kappa shape index (κ2) is 7.29. The Hall–Kier alpha value is -0.780. The van der Waals surface area contributed by atoms with Gasteiger partial charge in [0.15, 0.2) is 11.5 Å². The molecule has 0 radical (unpaired) electrons. The molecule has 0 spiro atoms. The predicted octanol–water partition coefficient (Wildman–Crippen LogP) is 2.74. The van der Waals surface area contributed by atoms with E-state index in [4.69, 9.17) is 4.74 Å². The molecule has 2 N–H and O–H groups in total. The molecule has 1 aromatic carbocycles. The summed E-state index contributed by atoms with van der Waals surface area (Å²) in [6, 6.07) is 4.46. The Bertz CT molecular complexity index is 454. The molecular formula is C15H23BrN2O2. The summed E-state index contributed by atoms with van der Waals surface area (Å²) in [5, 5.41) is 13.3. The van der Waals surface area contributed by atoms with Gasteiger partial charge in [-0.1, -0.05) is 6.92 Å². The van der Waals surface area contributed by atoms with Crippen molar-refractivity contribution in [1.82, 2.24) is 10.2 Å². The van der Waals surface area contributed by atoms with Crippen molar-refractivity contribution in [1.29, 1.82) is 0 Å². The number of likely N-dealkylation sites (N-methyl/N-ethyl adjacent to an activating group) is 1. The van der Waals surface area contributed by atoms with Gasteiger partial charge in [-0.25, -0.2) is 0 Å². The third-order valence-corrected chi connectivity index (χ3v) is 4.53. The van der Waals surface area contributed by atoms with Crippen LogP contribution in [0.2, 0.25) is 0 Å². The van der Waals surface area contributed by atoms with Gasteiger partial charge in [0.25, 0.3) is 0 Å². The molecule has 1 saturated heterocycles. The SMILES string of the molecule is CCN1CCCC1CNCc1cc(Br)c(O)c(OC)c1. The van der Waals surface area contributed by atoms with Crippen molar-refractivity contribution in [2.24, 2.45) is 0 Å². The minimum absolute atomic E-state index is 0.157. The van der Waals surface area contributed by atoms with E-state index in [2.05, 4.69) is 33.1 Å². The fraction of sp³-hybridized carbons (Fsp3) is 0.600. The van der Waals surface area contributed by atoms with E-state index in [0.717, 1.165) is 25.2 Å². The number of likely N-dealkylation sites (tertiary alicyclic amines) is 1. The number of aromatic hydroxyl groups is 1. The van der Waals surface area contributed by atoms with Crippen molar-refractivity contribution in [2.75, 3.05) is 26.7 Å². The maximum atomic E-state index is 9.79. The van der Waals surface area contributed by atoms with Crippen molar-refractivity contribution < 1.29 is 9.84 Å². The van der Waals surface area contributed by atoms with Crippen LogP contribution in [0, 0.1) is 0 Å². The van der Waals surface area contributed by atoms with Gasteiger partial charge in [-0.05, 0) is 59.6 Å². The Labute approximate surface area is 129 Å². The highest BCUT2D eigenvalue weighted by Crippen LogP contribution is 2.35. The molecule has 1 aliphatic rings. The number of hydrogen-bond donors (Lipinski definition) is 2. The van der Waals surface area contributed by atoms with E-state index < -0.39 is 0 Å². The lowest BCUT2D eigenvalue weighted by molar-refractivity contribution is 0.260. The molecular weight excluding hydrogens is 320 g/mol. The lowest BCUT2D eigenvalue weighted by Gasteiger charge is -2.23. The monoisotopic (exact) mass is 342 g/mol. The number of halogens is 1. The molecule has 20 heavy (non-hydrogen) atoms. The lowest BCUT2D eigenvalue weighted by atomic mass is 10.2. The first kappa shape index (κ1) is 15.6. The number of phenolic OH excluding ortho intramolecular Hbond substituents is 1. The first-order valence-corrected chi connectivity index (χ1v) is 7.95. The fourth-order valence-electron chi connectivity index (χ4n) is 2.81. The molecule has 5 heteroatoms. The molecule has 112 valence electrons. The Morgan fingerprint density at radius 1 is 1.50 bits per heavy atom. The number of benzene rings is 1. The molecule has 1 fully saturated rings. The van der Waals surface area contributed by atoms with E-state index >= 15 is 0 Å². The van der Waals surface area contributed by atoms with E-state index in [0.29, 0.717) is 16.3 Å². The number of phenols is 1. The molecule has 2 rings (SSSR count). The highest BCUT2D eigenvalue weighted by molar-refractivity contribution is 9.10. The summed E-state index contributed by atoms with van der Waals surface area (Å²) in [5.41, 5.74) is 1.10. The second-order valence-corrected chi connectivity index (χ2v) is 6.04. The van der Waals surface area contributed by atoms with E-state index in [1.54, 1.807) is 7.11 Å². The van der Waals surface area contributed by atoms with Crippen molar-refractivity contribution in [3.8, 4) is 11.5 Å². The van der Waals surface area contributed by atoms with Gasteiger partial charge in [-0.15, -0.1) is 0 Å². The topological polar surface area (TPSA) is 44.7 Å². The third kappa shape index (κ3) is 3.65. The summed E-state index contributed by atoms with van der Waals surface area (Å²) in [5.74, 6) is 0.663. The standard InChI is InChI=1S/C15H23BrN2O2/c1-3-18-6-4-5-12(18)10-17-9-11-7-13(16)15(19)14(8-11)20-2/h7-8,12,17,19H,3-6,9-10H2,1-2H3. The summed E-state index contributed by atoms with van der Waals surface area (Å²) < 4.78 is 5.84. The van der Waals surface area contributed by atoms with Crippen LogP contribution in [0.4, 0.5) is 0 Å². The van der Waals surface area contributed by atoms with Gasteiger partial charge >= 0.3 is 0 Å². The van der Waals surface area contributed by atoms with Gasteiger partial charge < -0.3 is 15.2 Å². The number of nitrogens with one attached hydrogen (secondary N) is 1. The predicted molar refractivity (Wildman–Crippen MR) is 84.3 cm³/mol. The van der Waals surface area contributed by atoms with E-state index in [1.807, 2.05) is 12.1 Å². The van der Waals surface area contributed by atoms with E-state index in [-0.39, 0.29) is 5.75 Å². The van der Waals surface area contributed by atoms with Gasteiger partial charge in [-0.2, -0.15) is 0 Å². The Kier molecular flexibility index (Phi) is 5.69. The van der Waals surface area contributed by atoms with Crippen molar-refractivity contribution in [2.45, 2.75) is 32.4 Å². The third-order valence-electron chi connectivity index (χ3n) is 3.92. The zero-order chi connectivity index (χ0) is 14.5. The molecule has 1 aliphatic heterocycles. The zero-order valence-electron chi connectivity index (χ0n) is 12.2. The zero-order valence-corrected chi connectivity index (χ0v) is 13.7. The number of rotatable bonds is 6. The van der Waals surface area contributed by atoms with Crippen LogP contribution in [0.15, 0.2) is 16.6 Å². The number of ether oxygens (including phenoxy) is 1. The summed E-state index contributed by atoms with van der Waals surface area (Å²) in [4.78, 5) is 2.53. The van der Waals surface area contributed by atoms with Crippen LogP contribution < -0.4 is 10.1 Å². The minimum Gasteiger partial charge on any atom is -0.503 e. The molecule has 0 amide bonds. The summed E-state index contributed by atoms with van der Waals surface area (Å²) in [7, 11) is 1.57. The van der Waals surface area contributed by atoms with Gasteiger partial charge in [0, 0.05) is 19.1 Å². The number of hydrogen-bond acceptors (Lipinski definition) is 4. The highest BCUT2D eigenvalue weighted by Gasteiger charge is 2.22. The molecule has 0 aliphatic carbocycles. The van der Waals surface area contributed by atoms with Crippen LogP contribution >= 0.6 is 15.9 Å². The van der Waals surface area contributed by atoms with Gasteiger partial charge in [0.2, 0.25) is 0 Å². The molecule has 4 nitrogen and oxygen atoms in total. The largest absolute Gasteiger partial charge is 0.503 e. The van der Waals surface area contributed by atoms with Gasteiger partial charge in [0.1, 0.15) is 0 Å². The average molecular weight is 343 g/mol. The smallest absolute Gasteiger partial charge is 0.172 e. The Morgan fingerprint density at radius 2 is 2.30 bits per heavy atom. The van der Waals surface area contributed by atoms with E-state index in [1.165, 1.54) is 19.4 Å².